The maximum atomic E-state index is 5.06. The molecule has 1 aromatic carbocycles. The van der Waals surface area contributed by atoms with Crippen LogP contribution in [0.3, 0.4) is 0 Å². The number of anilines is 1. The van der Waals surface area contributed by atoms with Gasteiger partial charge in [-0.05, 0) is 23.9 Å². The minimum absolute atomic E-state index is 0.742. The Morgan fingerprint density at radius 1 is 1.24 bits per heavy atom. The molecule has 2 aromatic heterocycles. The lowest BCUT2D eigenvalue weighted by Gasteiger charge is -2.12. The summed E-state index contributed by atoms with van der Waals surface area (Å²) in [7, 11) is 1.71. The maximum Gasteiger partial charge on any atom is 0.207 e. The molecule has 0 fully saturated rings. The molecule has 108 valence electrons. The zero-order valence-corrected chi connectivity index (χ0v) is 12.0. The number of methoxy groups -OCH3 is 1. The van der Waals surface area contributed by atoms with Crippen molar-refractivity contribution in [2.24, 2.45) is 0 Å². The van der Waals surface area contributed by atoms with Crippen LogP contribution in [0.1, 0.15) is 6.42 Å². The van der Waals surface area contributed by atoms with Crippen molar-refractivity contribution in [2.75, 3.05) is 25.6 Å². The van der Waals surface area contributed by atoms with E-state index in [2.05, 4.69) is 32.0 Å². The van der Waals surface area contributed by atoms with E-state index in [0.717, 1.165) is 36.6 Å². The van der Waals surface area contributed by atoms with E-state index < -0.39 is 0 Å². The molecule has 0 atom stereocenters. The molecule has 0 radical (unpaired) electrons. The lowest BCUT2D eigenvalue weighted by molar-refractivity contribution is 0.197. The molecule has 0 bridgehead atoms. The van der Waals surface area contributed by atoms with Crippen LogP contribution in [-0.4, -0.2) is 34.8 Å². The monoisotopic (exact) mass is 282 g/mol. The van der Waals surface area contributed by atoms with Gasteiger partial charge in [-0.15, -0.1) is 0 Å². The molecule has 0 spiro atoms. The van der Waals surface area contributed by atoms with Gasteiger partial charge in [-0.1, -0.05) is 12.1 Å². The fraction of sp³-hybridized carbons (Fsp3) is 0.250. The van der Waals surface area contributed by atoms with Crippen LogP contribution < -0.4 is 5.32 Å². The summed E-state index contributed by atoms with van der Waals surface area (Å²) in [6, 6.07) is 8.23. The molecule has 2 heterocycles. The second-order valence-corrected chi connectivity index (χ2v) is 4.77. The van der Waals surface area contributed by atoms with Gasteiger partial charge in [0.15, 0.2) is 0 Å². The fourth-order valence-corrected chi connectivity index (χ4v) is 2.35. The fourth-order valence-electron chi connectivity index (χ4n) is 2.35. The summed E-state index contributed by atoms with van der Waals surface area (Å²) in [6.07, 6.45) is 8.40. The van der Waals surface area contributed by atoms with Gasteiger partial charge in [0.05, 0.1) is 5.69 Å². The number of rotatable bonds is 6. The Hall–Kier alpha value is -2.40. The largest absolute Gasteiger partial charge is 0.385 e. The molecule has 0 saturated carbocycles. The average molecular weight is 282 g/mol. The van der Waals surface area contributed by atoms with Crippen molar-refractivity contribution >= 4 is 16.7 Å². The van der Waals surface area contributed by atoms with E-state index in [1.54, 1.807) is 13.3 Å². The van der Waals surface area contributed by atoms with Crippen molar-refractivity contribution in [1.82, 2.24) is 14.5 Å². The van der Waals surface area contributed by atoms with E-state index >= 15 is 0 Å². The van der Waals surface area contributed by atoms with Crippen LogP contribution >= 0.6 is 0 Å². The highest BCUT2D eigenvalue weighted by molar-refractivity contribution is 5.89. The number of ether oxygens (including phenoxy) is 1. The van der Waals surface area contributed by atoms with Gasteiger partial charge in [0, 0.05) is 50.4 Å². The molecule has 0 unspecified atom stereocenters. The van der Waals surface area contributed by atoms with Crippen molar-refractivity contribution in [2.45, 2.75) is 6.42 Å². The number of hydrogen-bond acceptors (Lipinski definition) is 4. The molecule has 1 N–H and O–H groups in total. The Morgan fingerprint density at radius 2 is 2.19 bits per heavy atom. The summed E-state index contributed by atoms with van der Waals surface area (Å²) in [4.78, 5) is 8.62. The van der Waals surface area contributed by atoms with Gasteiger partial charge in [0.1, 0.15) is 0 Å². The Balaban J connectivity index is 1.91. The molecule has 21 heavy (non-hydrogen) atoms. The molecule has 0 amide bonds. The molecule has 0 aliphatic heterocycles. The summed E-state index contributed by atoms with van der Waals surface area (Å²) >= 11 is 0. The van der Waals surface area contributed by atoms with Crippen molar-refractivity contribution in [3.8, 4) is 5.69 Å². The van der Waals surface area contributed by atoms with Gasteiger partial charge in [-0.3, -0.25) is 9.55 Å². The SMILES string of the molecule is COCCCNc1nccn1-c1cccc2ccncc12. The van der Waals surface area contributed by atoms with Crippen molar-refractivity contribution < 1.29 is 4.74 Å². The first kappa shape index (κ1) is 13.6. The molecule has 0 aliphatic rings. The Labute approximate surface area is 123 Å². The van der Waals surface area contributed by atoms with E-state index in [1.165, 1.54) is 5.39 Å². The van der Waals surface area contributed by atoms with E-state index in [4.69, 9.17) is 4.74 Å². The van der Waals surface area contributed by atoms with Crippen molar-refractivity contribution in [3.63, 3.8) is 0 Å². The molecule has 3 aromatic rings. The van der Waals surface area contributed by atoms with E-state index in [1.807, 2.05) is 30.7 Å². The van der Waals surface area contributed by atoms with Crippen molar-refractivity contribution in [3.05, 3.63) is 49.1 Å². The standard InChI is InChI=1S/C16H18N4O/c1-21-11-3-7-18-16-19-9-10-20(16)15-5-2-4-13-6-8-17-12-14(13)15/h2,4-6,8-10,12H,3,7,11H2,1H3,(H,18,19). The molecular weight excluding hydrogens is 264 g/mol. The van der Waals surface area contributed by atoms with Crippen LogP contribution in [0.4, 0.5) is 5.95 Å². The molecule has 3 rings (SSSR count). The maximum absolute atomic E-state index is 5.06. The zero-order valence-electron chi connectivity index (χ0n) is 12.0. The van der Waals surface area contributed by atoms with Crippen LogP contribution in [0.25, 0.3) is 16.5 Å². The topological polar surface area (TPSA) is 52.0 Å². The van der Waals surface area contributed by atoms with Crippen LogP contribution in [0.15, 0.2) is 49.1 Å². The van der Waals surface area contributed by atoms with Crippen LogP contribution in [0.2, 0.25) is 0 Å². The van der Waals surface area contributed by atoms with Crippen LogP contribution in [0.5, 0.6) is 0 Å². The third-order valence-corrected chi connectivity index (χ3v) is 3.37. The summed E-state index contributed by atoms with van der Waals surface area (Å²) in [6.45, 7) is 1.57. The average Bonchev–Trinajstić information content (AvgIpc) is 2.99. The highest BCUT2D eigenvalue weighted by atomic mass is 16.5. The summed E-state index contributed by atoms with van der Waals surface area (Å²) in [5.74, 6) is 0.836. The molecule has 0 aliphatic carbocycles. The van der Waals surface area contributed by atoms with Gasteiger partial charge in [-0.25, -0.2) is 4.98 Å². The number of fused-ring (bicyclic) bond motifs is 1. The third-order valence-electron chi connectivity index (χ3n) is 3.37. The first-order valence-electron chi connectivity index (χ1n) is 6.99. The Bertz CT molecular complexity index is 718. The zero-order chi connectivity index (χ0) is 14.5. The van der Waals surface area contributed by atoms with Gasteiger partial charge in [0.2, 0.25) is 5.95 Å². The van der Waals surface area contributed by atoms with Crippen molar-refractivity contribution in [1.29, 1.82) is 0 Å². The highest BCUT2D eigenvalue weighted by Gasteiger charge is 2.07. The molecule has 5 heteroatoms. The second kappa shape index (κ2) is 6.37. The highest BCUT2D eigenvalue weighted by Crippen LogP contribution is 2.23. The number of nitrogens with zero attached hydrogens (tertiary/aromatic N) is 3. The Morgan fingerprint density at radius 3 is 3.10 bits per heavy atom. The lowest BCUT2D eigenvalue weighted by atomic mass is 10.1. The third kappa shape index (κ3) is 2.87. The number of imidazole rings is 1. The first-order chi connectivity index (χ1) is 10.4. The number of benzene rings is 1. The molecule has 0 saturated heterocycles. The van der Waals surface area contributed by atoms with Gasteiger partial charge < -0.3 is 10.1 Å². The number of nitrogens with one attached hydrogen (secondary N) is 1. The van der Waals surface area contributed by atoms with Crippen LogP contribution in [-0.2, 0) is 4.74 Å². The Kier molecular flexibility index (Phi) is 4.12. The van der Waals surface area contributed by atoms with Gasteiger partial charge in [0.25, 0.3) is 0 Å². The summed E-state index contributed by atoms with van der Waals surface area (Å²) in [5, 5.41) is 5.62. The smallest absolute Gasteiger partial charge is 0.207 e. The van der Waals surface area contributed by atoms with E-state index in [9.17, 15) is 0 Å². The normalized spacial score (nSPS) is 10.9. The number of aromatic nitrogens is 3. The quantitative estimate of drug-likeness (QED) is 0.706. The first-order valence-corrected chi connectivity index (χ1v) is 6.99. The molecule has 5 nitrogen and oxygen atoms in total. The molecular formula is C16H18N4O. The predicted molar refractivity (Wildman–Crippen MR) is 83.8 cm³/mol. The second-order valence-electron chi connectivity index (χ2n) is 4.77. The minimum atomic E-state index is 0.742. The minimum Gasteiger partial charge on any atom is -0.385 e. The number of pyridine rings is 1. The predicted octanol–water partition coefficient (Wildman–Crippen LogP) is 2.87. The lowest BCUT2D eigenvalue weighted by Crippen LogP contribution is -2.09. The van der Waals surface area contributed by atoms with Gasteiger partial charge in [-0.2, -0.15) is 0 Å². The number of hydrogen-bond donors (Lipinski definition) is 1. The van der Waals surface area contributed by atoms with Crippen LogP contribution in [0, 0.1) is 0 Å². The van der Waals surface area contributed by atoms with E-state index in [0.29, 0.717) is 0 Å². The summed E-state index contributed by atoms with van der Waals surface area (Å²) < 4.78 is 7.11. The van der Waals surface area contributed by atoms with E-state index in [-0.39, 0.29) is 0 Å². The van der Waals surface area contributed by atoms with Gasteiger partial charge >= 0.3 is 0 Å². The summed E-state index contributed by atoms with van der Waals surface area (Å²) in [5.41, 5.74) is 1.08.